The lowest BCUT2D eigenvalue weighted by molar-refractivity contribution is -0.122. The Morgan fingerprint density at radius 2 is 2.18 bits per heavy atom. The van der Waals surface area contributed by atoms with E-state index in [1.165, 1.54) is 0 Å². The highest BCUT2D eigenvalue weighted by Crippen LogP contribution is 2.17. The van der Waals surface area contributed by atoms with Crippen LogP contribution in [-0.4, -0.2) is 35.1 Å². The number of rotatable bonds is 6. The molecule has 0 aromatic carbocycles. The summed E-state index contributed by atoms with van der Waals surface area (Å²) >= 11 is 0. The van der Waals surface area contributed by atoms with Crippen molar-refractivity contribution in [2.24, 2.45) is 5.92 Å². The number of hydrogen-bond acceptors (Lipinski definition) is 4. The van der Waals surface area contributed by atoms with Crippen LogP contribution in [0.25, 0.3) is 11.5 Å². The van der Waals surface area contributed by atoms with Crippen molar-refractivity contribution < 1.29 is 14.0 Å². The predicted octanol–water partition coefficient (Wildman–Crippen LogP) is 1.56. The second-order valence-corrected chi connectivity index (χ2v) is 5.41. The molecule has 2 heterocycles. The quantitative estimate of drug-likeness (QED) is 0.754. The maximum atomic E-state index is 12.2. The normalized spacial score (nSPS) is 12.2. The minimum absolute atomic E-state index is 0.212. The number of furan rings is 1. The third-order valence-corrected chi connectivity index (χ3v) is 3.17. The molecule has 0 aliphatic carbocycles. The number of carbonyl (C=O) groups excluding carboxylic acids is 2. The lowest BCUT2D eigenvalue weighted by atomic mass is 10.0. The fourth-order valence-corrected chi connectivity index (χ4v) is 2.11. The molecule has 0 aliphatic rings. The molecule has 1 atom stereocenters. The molecule has 0 saturated heterocycles. The Kier molecular flexibility index (Phi) is 4.98. The van der Waals surface area contributed by atoms with Gasteiger partial charge in [0.15, 0.2) is 11.5 Å². The molecule has 0 spiro atoms. The third-order valence-electron chi connectivity index (χ3n) is 3.17. The van der Waals surface area contributed by atoms with Gasteiger partial charge >= 0.3 is 0 Å². The average Bonchev–Trinajstić information content (AvgIpc) is 3.15. The predicted molar refractivity (Wildman–Crippen MR) is 81.1 cm³/mol. The highest BCUT2D eigenvalue weighted by atomic mass is 16.3. The number of aromatic amines is 1. The molecule has 0 unspecified atom stereocenters. The van der Waals surface area contributed by atoms with Gasteiger partial charge in [-0.1, -0.05) is 13.8 Å². The maximum absolute atomic E-state index is 12.2. The van der Waals surface area contributed by atoms with Crippen LogP contribution < -0.4 is 10.6 Å². The summed E-state index contributed by atoms with van der Waals surface area (Å²) in [6, 6.07) is 4.52. The molecule has 2 amide bonds. The fraction of sp³-hybridized carbons (Fsp3) is 0.400. The number of hydrogen-bond donors (Lipinski definition) is 3. The number of H-pyrrole nitrogens is 1. The van der Waals surface area contributed by atoms with Crippen LogP contribution in [0.2, 0.25) is 0 Å². The molecular formula is C15H20N4O3. The Labute approximate surface area is 128 Å². The summed E-state index contributed by atoms with van der Waals surface area (Å²) in [5.41, 5.74) is 0.819. The number of amides is 2. The van der Waals surface area contributed by atoms with Crippen LogP contribution >= 0.6 is 0 Å². The van der Waals surface area contributed by atoms with Crippen LogP contribution in [0, 0.1) is 5.92 Å². The smallest absolute Gasteiger partial charge is 0.272 e. The van der Waals surface area contributed by atoms with Gasteiger partial charge in [0.2, 0.25) is 5.91 Å². The van der Waals surface area contributed by atoms with Crippen molar-refractivity contribution in [2.75, 3.05) is 7.05 Å². The first-order valence-corrected chi connectivity index (χ1v) is 7.13. The summed E-state index contributed by atoms with van der Waals surface area (Å²) < 4.78 is 5.23. The molecule has 2 aromatic rings. The van der Waals surface area contributed by atoms with Crippen LogP contribution in [0.5, 0.6) is 0 Å². The summed E-state index contributed by atoms with van der Waals surface area (Å²) in [5.74, 6) is 0.254. The van der Waals surface area contributed by atoms with Crippen LogP contribution in [0.15, 0.2) is 28.9 Å². The zero-order valence-electron chi connectivity index (χ0n) is 12.8. The Morgan fingerprint density at radius 1 is 1.41 bits per heavy atom. The molecule has 22 heavy (non-hydrogen) atoms. The van der Waals surface area contributed by atoms with Crippen molar-refractivity contribution in [3.8, 4) is 11.5 Å². The Hall–Kier alpha value is -2.57. The first kappa shape index (κ1) is 15.8. The molecular weight excluding hydrogens is 284 g/mol. The van der Waals surface area contributed by atoms with E-state index in [2.05, 4.69) is 20.8 Å². The van der Waals surface area contributed by atoms with E-state index in [4.69, 9.17) is 4.42 Å². The first-order valence-electron chi connectivity index (χ1n) is 7.13. The second-order valence-electron chi connectivity index (χ2n) is 5.41. The lowest BCUT2D eigenvalue weighted by Gasteiger charge is -2.18. The van der Waals surface area contributed by atoms with Gasteiger partial charge in [-0.2, -0.15) is 5.10 Å². The van der Waals surface area contributed by atoms with Gasteiger partial charge in [-0.15, -0.1) is 0 Å². The summed E-state index contributed by atoms with van der Waals surface area (Å²) in [5, 5.41) is 12.0. The topological polar surface area (TPSA) is 100 Å². The van der Waals surface area contributed by atoms with Crippen LogP contribution in [0.4, 0.5) is 0 Å². The van der Waals surface area contributed by atoms with E-state index in [-0.39, 0.29) is 17.5 Å². The highest BCUT2D eigenvalue weighted by molar-refractivity contribution is 5.96. The van der Waals surface area contributed by atoms with E-state index in [9.17, 15) is 9.59 Å². The van der Waals surface area contributed by atoms with Crippen molar-refractivity contribution in [2.45, 2.75) is 26.3 Å². The zero-order valence-corrected chi connectivity index (χ0v) is 12.8. The second kappa shape index (κ2) is 6.93. The van der Waals surface area contributed by atoms with Crippen molar-refractivity contribution >= 4 is 11.8 Å². The van der Waals surface area contributed by atoms with E-state index in [1.807, 2.05) is 13.8 Å². The Balaban J connectivity index is 2.08. The van der Waals surface area contributed by atoms with E-state index in [0.29, 0.717) is 17.9 Å². The van der Waals surface area contributed by atoms with Gasteiger partial charge in [0, 0.05) is 13.1 Å². The van der Waals surface area contributed by atoms with Crippen molar-refractivity contribution in [1.29, 1.82) is 0 Å². The van der Waals surface area contributed by atoms with Gasteiger partial charge in [0.25, 0.3) is 5.91 Å². The molecule has 0 bridgehead atoms. The minimum Gasteiger partial charge on any atom is -0.463 e. The molecule has 7 nitrogen and oxygen atoms in total. The molecule has 0 saturated carbocycles. The van der Waals surface area contributed by atoms with Crippen molar-refractivity contribution in [3.63, 3.8) is 0 Å². The molecule has 0 fully saturated rings. The number of carbonyl (C=O) groups is 2. The SMILES string of the molecule is CNC(=O)[C@H](CC(C)C)NC(=O)c1cc(-c2ccco2)[nH]n1. The van der Waals surface area contributed by atoms with Crippen molar-refractivity contribution in [3.05, 3.63) is 30.2 Å². The Bertz CT molecular complexity index is 631. The number of nitrogens with one attached hydrogen (secondary N) is 3. The molecule has 3 N–H and O–H groups in total. The van der Waals surface area contributed by atoms with E-state index in [1.54, 1.807) is 31.5 Å². The van der Waals surface area contributed by atoms with Gasteiger partial charge in [0.1, 0.15) is 11.7 Å². The van der Waals surface area contributed by atoms with Gasteiger partial charge < -0.3 is 15.1 Å². The largest absolute Gasteiger partial charge is 0.463 e. The molecule has 2 aromatic heterocycles. The van der Waals surface area contributed by atoms with Crippen LogP contribution in [0.1, 0.15) is 30.8 Å². The van der Waals surface area contributed by atoms with Crippen molar-refractivity contribution in [1.82, 2.24) is 20.8 Å². The first-order chi connectivity index (χ1) is 10.5. The van der Waals surface area contributed by atoms with Gasteiger partial charge in [-0.25, -0.2) is 0 Å². The lowest BCUT2D eigenvalue weighted by Crippen LogP contribution is -2.46. The molecule has 118 valence electrons. The van der Waals surface area contributed by atoms with E-state index in [0.717, 1.165) is 0 Å². The zero-order chi connectivity index (χ0) is 16.1. The summed E-state index contributed by atoms with van der Waals surface area (Å²) in [6.07, 6.45) is 2.10. The summed E-state index contributed by atoms with van der Waals surface area (Å²) in [4.78, 5) is 24.1. The molecule has 7 heteroatoms. The average molecular weight is 304 g/mol. The molecule has 2 rings (SSSR count). The minimum atomic E-state index is -0.582. The standard InChI is InChI=1S/C15H20N4O3/c1-9(2)7-11(14(20)16-3)17-15(21)12-8-10(18-19-12)13-5-4-6-22-13/h4-6,8-9,11H,7H2,1-3H3,(H,16,20)(H,17,21)(H,18,19)/t11-/m0/s1. The third kappa shape index (κ3) is 3.75. The summed E-state index contributed by atoms with van der Waals surface area (Å²) in [7, 11) is 1.55. The maximum Gasteiger partial charge on any atom is 0.272 e. The Morgan fingerprint density at radius 3 is 2.77 bits per heavy atom. The van der Waals surface area contributed by atoms with Gasteiger partial charge in [-0.3, -0.25) is 14.7 Å². The number of aromatic nitrogens is 2. The monoisotopic (exact) mass is 304 g/mol. The number of nitrogens with zero attached hydrogens (tertiary/aromatic N) is 1. The highest BCUT2D eigenvalue weighted by Gasteiger charge is 2.23. The van der Waals surface area contributed by atoms with Gasteiger partial charge in [-0.05, 0) is 24.5 Å². The summed E-state index contributed by atoms with van der Waals surface area (Å²) in [6.45, 7) is 3.98. The van der Waals surface area contributed by atoms with Gasteiger partial charge in [0.05, 0.1) is 6.26 Å². The van der Waals surface area contributed by atoms with Crippen LogP contribution in [-0.2, 0) is 4.79 Å². The number of likely N-dealkylation sites (N-methyl/N-ethyl adjacent to an activating group) is 1. The fourth-order valence-electron chi connectivity index (χ4n) is 2.11. The van der Waals surface area contributed by atoms with Crippen LogP contribution in [0.3, 0.4) is 0 Å². The van der Waals surface area contributed by atoms with E-state index < -0.39 is 11.9 Å². The van der Waals surface area contributed by atoms with E-state index >= 15 is 0 Å². The molecule has 0 aliphatic heterocycles. The molecule has 0 radical (unpaired) electrons.